The molecule has 1 fully saturated rings. The molecule has 4 nitrogen and oxygen atoms in total. The molecule has 4 heteroatoms. The number of hydrogen-bond acceptors (Lipinski definition) is 3. The largest absolute Gasteiger partial charge is 0.315 e. The standard InChI is InChI=1S/C13H18N4/c1-9-5-3-7-14-11(9)13-16-10-6-4-8-15-12(10)17(13)2/h4,6,8-9,11,14H,3,5,7H2,1-2H3. The minimum absolute atomic E-state index is 0.364. The molecule has 0 bridgehead atoms. The summed E-state index contributed by atoms with van der Waals surface area (Å²) in [7, 11) is 2.06. The van der Waals surface area contributed by atoms with Crippen LogP contribution in [-0.2, 0) is 7.05 Å². The first kappa shape index (κ1) is 10.7. The third-order valence-corrected chi connectivity index (χ3v) is 3.71. The molecule has 0 amide bonds. The fraction of sp³-hybridized carbons (Fsp3) is 0.538. The summed E-state index contributed by atoms with van der Waals surface area (Å²) in [6.07, 6.45) is 4.36. The minimum Gasteiger partial charge on any atom is -0.315 e. The summed E-state index contributed by atoms with van der Waals surface area (Å²) >= 11 is 0. The Kier molecular flexibility index (Phi) is 2.59. The van der Waals surface area contributed by atoms with E-state index in [9.17, 15) is 0 Å². The van der Waals surface area contributed by atoms with Gasteiger partial charge in [-0.1, -0.05) is 6.92 Å². The molecule has 1 aliphatic heterocycles. The van der Waals surface area contributed by atoms with Gasteiger partial charge in [-0.2, -0.15) is 0 Å². The van der Waals surface area contributed by atoms with Crippen LogP contribution in [0.5, 0.6) is 0 Å². The van der Waals surface area contributed by atoms with Gasteiger partial charge in [0.25, 0.3) is 0 Å². The molecule has 2 aromatic heterocycles. The monoisotopic (exact) mass is 230 g/mol. The van der Waals surface area contributed by atoms with E-state index in [4.69, 9.17) is 4.98 Å². The maximum Gasteiger partial charge on any atom is 0.159 e. The molecule has 0 aromatic carbocycles. The quantitative estimate of drug-likeness (QED) is 0.815. The number of aromatic nitrogens is 3. The van der Waals surface area contributed by atoms with Crippen molar-refractivity contribution in [2.45, 2.75) is 25.8 Å². The highest BCUT2D eigenvalue weighted by molar-refractivity contribution is 5.71. The number of nitrogens with one attached hydrogen (secondary N) is 1. The van der Waals surface area contributed by atoms with Gasteiger partial charge in [0.1, 0.15) is 11.3 Å². The van der Waals surface area contributed by atoms with Crippen molar-refractivity contribution in [1.29, 1.82) is 0 Å². The van der Waals surface area contributed by atoms with Gasteiger partial charge in [0.05, 0.1) is 6.04 Å². The van der Waals surface area contributed by atoms with Crippen LogP contribution in [-0.4, -0.2) is 21.1 Å². The fourth-order valence-electron chi connectivity index (χ4n) is 2.71. The Balaban J connectivity index is 2.07. The molecule has 0 saturated carbocycles. The van der Waals surface area contributed by atoms with Crippen molar-refractivity contribution < 1.29 is 0 Å². The Morgan fingerprint density at radius 2 is 2.35 bits per heavy atom. The lowest BCUT2D eigenvalue weighted by Gasteiger charge is -2.29. The maximum atomic E-state index is 4.72. The van der Waals surface area contributed by atoms with Crippen molar-refractivity contribution in [1.82, 2.24) is 19.9 Å². The summed E-state index contributed by atoms with van der Waals surface area (Å²) in [5, 5.41) is 3.58. The van der Waals surface area contributed by atoms with Crippen molar-refractivity contribution in [2.75, 3.05) is 6.54 Å². The molecule has 1 aliphatic rings. The van der Waals surface area contributed by atoms with Crippen LogP contribution in [0.1, 0.15) is 31.6 Å². The maximum absolute atomic E-state index is 4.72. The zero-order valence-electron chi connectivity index (χ0n) is 10.3. The van der Waals surface area contributed by atoms with Gasteiger partial charge in [-0.15, -0.1) is 0 Å². The van der Waals surface area contributed by atoms with Crippen molar-refractivity contribution in [3.63, 3.8) is 0 Å². The second-order valence-electron chi connectivity index (χ2n) is 4.93. The van der Waals surface area contributed by atoms with Crippen molar-refractivity contribution in [3.05, 3.63) is 24.2 Å². The summed E-state index contributed by atoms with van der Waals surface area (Å²) < 4.78 is 2.12. The molecule has 1 N–H and O–H groups in total. The summed E-state index contributed by atoms with van der Waals surface area (Å²) in [5.74, 6) is 1.75. The summed E-state index contributed by atoms with van der Waals surface area (Å²) in [6.45, 7) is 3.38. The highest BCUT2D eigenvalue weighted by atomic mass is 15.1. The molecular weight excluding hydrogens is 212 g/mol. The number of pyridine rings is 1. The third kappa shape index (κ3) is 1.72. The van der Waals surface area contributed by atoms with Gasteiger partial charge < -0.3 is 9.88 Å². The molecule has 3 heterocycles. The first-order valence-electron chi connectivity index (χ1n) is 6.28. The van der Waals surface area contributed by atoms with E-state index in [1.807, 2.05) is 18.3 Å². The predicted molar refractivity (Wildman–Crippen MR) is 67.7 cm³/mol. The summed E-state index contributed by atoms with van der Waals surface area (Å²) in [6, 6.07) is 4.33. The Bertz CT molecular complexity index is 531. The number of imidazole rings is 1. The first-order chi connectivity index (χ1) is 8.27. The molecule has 1 saturated heterocycles. The van der Waals surface area contributed by atoms with Gasteiger partial charge in [0.2, 0.25) is 0 Å². The zero-order valence-corrected chi connectivity index (χ0v) is 10.3. The molecule has 2 atom stereocenters. The Morgan fingerprint density at radius 1 is 1.47 bits per heavy atom. The van der Waals surface area contributed by atoms with E-state index in [0.29, 0.717) is 12.0 Å². The average molecular weight is 230 g/mol. The number of fused-ring (bicyclic) bond motifs is 1. The number of piperidine rings is 1. The SMILES string of the molecule is CC1CCCNC1c1nc2cccnc2n1C. The van der Waals surface area contributed by atoms with Crippen LogP contribution in [0.4, 0.5) is 0 Å². The van der Waals surface area contributed by atoms with Gasteiger partial charge in [0, 0.05) is 13.2 Å². The number of nitrogens with zero attached hydrogens (tertiary/aromatic N) is 3. The first-order valence-corrected chi connectivity index (χ1v) is 6.28. The lowest BCUT2D eigenvalue weighted by Crippen LogP contribution is -2.34. The third-order valence-electron chi connectivity index (χ3n) is 3.71. The van der Waals surface area contributed by atoms with Crippen LogP contribution in [0.2, 0.25) is 0 Å². The molecule has 17 heavy (non-hydrogen) atoms. The van der Waals surface area contributed by atoms with E-state index in [0.717, 1.165) is 23.5 Å². The highest BCUT2D eigenvalue weighted by Crippen LogP contribution is 2.29. The summed E-state index contributed by atoms with van der Waals surface area (Å²) in [4.78, 5) is 9.12. The van der Waals surface area contributed by atoms with Crippen LogP contribution in [0.15, 0.2) is 18.3 Å². The van der Waals surface area contributed by atoms with Crippen LogP contribution >= 0.6 is 0 Å². The number of rotatable bonds is 1. The lowest BCUT2D eigenvalue weighted by atomic mass is 9.92. The lowest BCUT2D eigenvalue weighted by molar-refractivity contribution is 0.291. The number of aryl methyl sites for hydroxylation is 1. The van der Waals surface area contributed by atoms with E-state index in [1.165, 1.54) is 12.8 Å². The second-order valence-corrected chi connectivity index (χ2v) is 4.93. The van der Waals surface area contributed by atoms with Gasteiger partial charge in [-0.25, -0.2) is 9.97 Å². The molecular formula is C13H18N4. The number of hydrogen-bond donors (Lipinski definition) is 1. The normalized spacial score (nSPS) is 25.3. The molecule has 0 aliphatic carbocycles. The van der Waals surface area contributed by atoms with Gasteiger partial charge in [0.15, 0.2) is 5.65 Å². The minimum atomic E-state index is 0.364. The second kappa shape index (κ2) is 4.11. The highest BCUT2D eigenvalue weighted by Gasteiger charge is 2.26. The Hall–Kier alpha value is -1.42. The van der Waals surface area contributed by atoms with Gasteiger partial charge >= 0.3 is 0 Å². The van der Waals surface area contributed by atoms with Crippen molar-refractivity contribution >= 4 is 11.2 Å². The Labute approximate surface area is 101 Å². The average Bonchev–Trinajstić information content (AvgIpc) is 2.68. The van der Waals surface area contributed by atoms with Crippen LogP contribution in [0, 0.1) is 5.92 Å². The molecule has 0 spiro atoms. The van der Waals surface area contributed by atoms with Crippen LogP contribution < -0.4 is 5.32 Å². The van der Waals surface area contributed by atoms with Gasteiger partial charge in [-0.3, -0.25) is 0 Å². The molecule has 2 aromatic rings. The van der Waals surface area contributed by atoms with Crippen molar-refractivity contribution in [3.8, 4) is 0 Å². The smallest absolute Gasteiger partial charge is 0.159 e. The Morgan fingerprint density at radius 3 is 3.12 bits per heavy atom. The summed E-state index contributed by atoms with van der Waals surface area (Å²) in [5.41, 5.74) is 1.96. The predicted octanol–water partition coefficient (Wildman–Crippen LogP) is 2.03. The molecule has 90 valence electrons. The van der Waals surface area contributed by atoms with Gasteiger partial charge in [-0.05, 0) is 37.4 Å². The van der Waals surface area contributed by atoms with E-state index in [-0.39, 0.29) is 0 Å². The zero-order chi connectivity index (χ0) is 11.8. The van der Waals surface area contributed by atoms with Crippen molar-refractivity contribution in [2.24, 2.45) is 13.0 Å². The topological polar surface area (TPSA) is 42.7 Å². The van der Waals surface area contributed by atoms with E-state index in [2.05, 4.69) is 28.8 Å². The van der Waals surface area contributed by atoms with E-state index < -0.39 is 0 Å². The fourth-order valence-corrected chi connectivity index (χ4v) is 2.71. The molecule has 2 unspecified atom stereocenters. The molecule has 3 rings (SSSR count). The molecule has 0 radical (unpaired) electrons. The van der Waals surface area contributed by atoms with Crippen LogP contribution in [0.25, 0.3) is 11.2 Å². The van der Waals surface area contributed by atoms with Crippen LogP contribution in [0.3, 0.4) is 0 Å². The van der Waals surface area contributed by atoms with E-state index >= 15 is 0 Å². The van der Waals surface area contributed by atoms with E-state index in [1.54, 1.807) is 0 Å².